The first-order valence-corrected chi connectivity index (χ1v) is 11.6. The van der Waals surface area contributed by atoms with Gasteiger partial charge in [-0.3, -0.25) is 4.79 Å². The van der Waals surface area contributed by atoms with Gasteiger partial charge in [0, 0.05) is 16.1 Å². The number of halogens is 1. The molecule has 1 N–H and O–H groups in total. The number of pyridine rings is 1. The number of benzene rings is 1. The Balaban J connectivity index is 1.62. The smallest absolute Gasteiger partial charge is 0.234 e. The molecular weight excluding hydrogens is 437 g/mol. The zero-order chi connectivity index (χ0) is 20.9. The van der Waals surface area contributed by atoms with Crippen LogP contribution in [0.15, 0.2) is 70.4 Å². The number of nitriles is 1. The maximum Gasteiger partial charge on any atom is 0.234 e. The number of nitrogens with one attached hydrogen (secondary N) is 1. The molecule has 4 aromatic rings. The largest absolute Gasteiger partial charge is 0.325 e. The van der Waals surface area contributed by atoms with Crippen molar-refractivity contribution in [3.63, 3.8) is 0 Å². The summed E-state index contributed by atoms with van der Waals surface area (Å²) < 4.78 is 13.0. The Morgan fingerprint density at radius 2 is 1.80 bits per heavy atom. The zero-order valence-electron chi connectivity index (χ0n) is 15.5. The molecular formula is C22H14FN3OS3. The predicted molar refractivity (Wildman–Crippen MR) is 121 cm³/mol. The third-order valence-electron chi connectivity index (χ3n) is 4.13. The van der Waals surface area contributed by atoms with E-state index in [4.69, 9.17) is 0 Å². The SMILES string of the molecule is N#Cc1c(-c2cccs2)cc(-c2cccs2)nc1SCC(=O)Nc1ccc(F)cc1. The van der Waals surface area contributed by atoms with E-state index in [1.54, 1.807) is 22.7 Å². The van der Waals surface area contributed by atoms with Crippen LogP contribution in [0.25, 0.3) is 21.0 Å². The average Bonchev–Trinajstić information content (AvgIpc) is 3.47. The van der Waals surface area contributed by atoms with Crippen LogP contribution in [0, 0.1) is 17.1 Å². The van der Waals surface area contributed by atoms with Crippen LogP contribution in [0.5, 0.6) is 0 Å². The van der Waals surface area contributed by atoms with E-state index in [0.29, 0.717) is 16.3 Å². The molecule has 0 aliphatic carbocycles. The second kappa shape index (κ2) is 9.22. The zero-order valence-corrected chi connectivity index (χ0v) is 17.9. The third kappa shape index (κ3) is 4.60. The molecule has 1 amide bonds. The summed E-state index contributed by atoms with van der Waals surface area (Å²) in [7, 11) is 0. The van der Waals surface area contributed by atoms with Crippen molar-refractivity contribution in [2.45, 2.75) is 5.03 Å². The lowest BCUT2D eigenvalue weighted by Crippen LogP contribution is -2.14. The van der Waals surface area contributed by atoms with Crippen LogP contribution in [-0.2, 0) is 4.79 Å². The van der Waals surface area contributed by atoms with E-state index in [1.165, 1.54) is 36.0 Å². The van der Waals surface area contributed by atoms with Crippen LogP contribution in [0.2, 0.25) is 0 Å². The van der Waals surface area contributed by atoms with Gasteiger partial charge in [0.05, 0.1) is 21.9 Å². The molecule has 0 atom stereocenters. The second-order valence-electron chi connectivity index (χ2n) is 6.15. The van der Waals surface area contributed by atoms with Crippen molar-refractivity contribution < 1.29 is 9.18 Å². The van der Waals surface area contributed by atoms with Gasteiger partial charge < -0.3 is 5.32 Å². The van der Waals surface area contributed by atoms with Crippen molar-refractivity contribution in [1.29, 1.82) is 5.26 Å². The molecule has 8 heteroatoms. The lowest BCUT2D eigenvalue weighted by Gasteiger charge is -2.11. The molecule has 4 rings (SSSR count). The third-order valence-corrected chi connectivity index (χ3v) is 6.90. The molecule has 3 heterocycles. The molecule has 148 valence electrons. The van der Waals surface area contributed by atoms with Crippen molar-refractivity contribution in [2.24, 2.45) is 0 Å². The fourth-order valence-corrected chi connectivity index (χ4v) is 5.01. The standard InChI is InChI=1S/C22H14FN3OS3/c23-14-5-7-15(8-6-14)25-21(27)13-30-22-17(12-24)16(19-3-1-9-28-19)11-18(26-22)20-4-2-10-29-20/h1-11H,13H2,(H,25,27). The highest BCUT2D eigenvalue weighted by Crippen LogP contribution is 2.37. The Bertz CT molecular complexity index is 1200. The average molecular weight is 452 g/mol. The Morgan fingerprint density at radius 1 is 1.10 bits per heavy atom. The summed E-state index contributed by atoms with van der Waals surface area (Å²) in [6.45, 7) is 0. The number of aromatic nitrogens is 1. The van der Waals surface area contributed by atoms with Crippen molar-refractivity contribution in [3.8, 4) is 27.1 Å². The highest BCUT2D eigenvalue weighted by molar-refractivity contribution is 8.00. The van der Waals surface area contributed by atoms with Crippen LogP contribution < -0.4 is 5.32 Å². The monoisotopic (exact) mass is 451 g/mol. The Kier molecular flexibility index (Phi) is 6.23. The molecule has 0 aliphatic rings. The Hall–Kier alpha value is -2.99. The molecule has 0 radical (unpaired) electrons. The number of rotatable bonds is 6. The molecule has 0 spiro atoms. The molecule has 1 aromatic carbocycles. The molecule has 30 heavy (non-hydrogen) atoms. The number of amides is 1. The minimum Gasteiger partial charge on any atom is -0.325 e. The highest BCUT2D eigenvalue weighted by atomic mass is 32.2. The van der Waals surface area contributed by atoms with Gasteiger partial charge in [-0.1, -0.05) is 23.9 Å². The molecule has 3 aromatic heterocycles. The van der Waals surface area contributed by atoms with Gasteiger partial charge in [0.15, 0.2) is 0 Å². The van der Waals surface area contributed by atoms with Crippen molar-refractivity contribution in [2.75, 3.05) is 11.1 Å². The highest BCUT2D eigenvalue weighted by Gasteiger charge is 2.18. The maximum atomic E-state index is 13.0. The van der Waals surface area contributed by atoms with Gasteiger partial charge in [0.2, 0.25) is 5.91 Å². The summed E-state index contributed by atoms with van der Waals surface area (Å²) in [6.07, 6.45) is 0. The number of anilines is 1. The normalized spacial score (nSPS) is 10.5. The number of nitrogens with zero attached hydrogens (tertiary/aromatic N) is 2. The van der Waals surface area contributed by atoms with Gasteiger partial charge in [-0.2, -0.15) is 5.26 Å². The number of thioether (sulfide) groups is 1. The summed E-state index contributed by atoms with van der Waals surface area (Å²) >= 11 is 4.34. The Morgan fingerprint density at radius 3 is 2.43 bits per heavy atom. The summed E-state index contributed by atoms with van der Waals surface area (Å²) in [5, 5.41) is 17.0. The minimum absolute atomic E-state index is 0.0802. The fourth-order valence-electron chi connectivity index (χ4n) is 2.78. The van der Waals surface area contributed by atoms with E-state index in [1.807, 2.05) is 41.1 Å². The first-order valence-electron chi connectivity index (χ1n) is 8.85. The van der Waals surface area contributed by atoms with Gasteiger partial charge in [-0.25, -0.2) is 9.37 Å². The molecule has 0 bridgehead atoms. The van der Waals surface area contributed by atoms with Crippen LogP contribution >= 0.6 is 34.4 Å². The van der Waals surface area contributed by atoms with Gasteiger partial charge in [0.1, 0.15) is 16.9 Å². The summed E-state index contributed by atoms with van der Waals surface area (Å²) in [5.74, 6) is -0.537. The number of hydrogen-bond donors (Lipinski definition) is 1. The number of thiophene rings is 2. The molecule has 0 saturated heterocycles. The minimum atomic E-state index is -0.364. The summed E-state index contributed by atoms with van der Waals surface area (Å²) in [4.78, 5) is 19.0. The predicted octanol–water partition coefficient (Wildman–Crippen LogP) is 6.28. The van der Waals surface area contributed by atoms with Crippen molar-refractivity contribution in [3.05, 3.63) is 76.7 Å². The number of hydrogen-bond acceptors (Lipinski definition) is 6. The van der Waals surface area contributed by atoms with Crippen LogP contribution in [-0.4, -0.2) is 16.6 Å². The molecule has 0 unspecified atom stereocenters. The van der Waals surface area contributed by atoms with E-state index >= 15 is 0 Å². The Labute approximate surface area is 185 Å². The fraction of sp³-hybridized carbons (Fsp3) is 0.0455. The lowest BCUT2D eigenvalue weighted by atomic mass is 10.1. The van der Waals surface area contributed by atoms with E-state index < -0.39 is 0 Å². The van der Waals surface area contributed by atoms with E-state index in [9.17, 15) is 14.4 Å². The first kappa shape index (κ1) is 20.3. The van der Waals surface area contributed by atoms with Crippen molar-refractivity contribution >= 4 is 46.0 Å². The van der Waals surface area contributed by atoms with E-state index in [-0.39, 0.29) is 17.5 Å². The summed E-state index contributed by atoms with van der Waals surface area (Å²) in [6, 6.07) is 17.6. The van der Waals surface area contributed by atoms with E-state index in [0.717, 1.165) is 21.0 Å². The van der Waals surface area contributed by atoms with E-state index in [2.05, 4.69) is 16.4 Å². The molecule has 0 saturated carbocycles. The van der Waals surface area contributed by atoms with Gasteiger partial charge in [0.25, 0.3) is 0 Å². The molecule has 4 nitrogen and oxygen atoms in total. The van der Waals surface area contributed by atoms with Gasteiger partial charge in [-0.05, 0) is 53.2 Å². The van der Waals surface area contributed by atoms with Gasteiger partial charge >= 0.3 is 0 Å². The number of carbonyl (C=O) groups is 1. The quantitative estimate of drug-likeness (QED) is 0.350. The first-order chi connectivity index (χ1) is 14.6. The van der Waals surface area contributed by atoms with Crippen LogP contribution in [0.3, 0.4) is 0 Å². The summed E-state index contributed by atoms with van der Waals surface area (Å²) in [5.41, 5.74) is 2.56. The van der Waals surface area contributed by atoms with Crippen LogP contribution in [0.1, 0.15) is 5.56 Å². The molecule has 0 fully saturated rings. The molecule has 0 aliphatic heterocycles. The van der Waals surface area contributed by atoms with Crippen LogP contribution in [0.4, 0.5) is 10.1 Å². The lowest BCUT2D eigenvalue weighted by molar-refractivity contribution is -0.113. The van der Waals surface area contributed by atoms with Crippen molar-refractivity contribution in [1.82, 2.24) is 4.98 Å². The second-order valence-corrected chi connectivity index (χ2v) is 9.00. The topological polar surface area (TPSA) is 65.8 Å². The maximum absolute atomic E-state index is 13.0. The number of carbonyl (C=O) groups excluding carboxylic acids is 1. The van der Waals surface area contributed by atoms with Gasteiger partial charge in [-0.15, -0.1) is 22.7 Å².